The minimum atomic E-state index is -0.865. The lowest BCUT2D eigenvalue weighted by Gasteiger charge is -2.51. The number of hydrogen-bond donors (Lipinski definition) is 2. The van der Waals surface area contributed by atoms with Crippen molar-refractivity contribution < 1.29 is 14.3 Å². The van der Waals surface area contributed by atoms with Crippen LogP contribution in [0.15, 0.2) is 18.2 Å². The topological polar surface area (TPSA) is 52.6 Å². The zero-order valence-corrected chi connectivity index (χ0v) is 12.2. The van der Waals surface area contributed by atoms with Gasteiger partial charge in [0.2, 0.25) is 0 Å². The van der Waals surface area contributed by atoms with E-state index >= 15 is 0 Å². The molecule has 1 aromatic carbocycles. The van der Waals surface area contributed by atoms with E-state index in [0.29, 0.717) is 5.56 Å². The maximum absolute atomic E-state index is 14.0. The van der Waals surface area contributed by atoms with Crippen molar-refractivity contribution in [1.29, 1.82) is 0 Å². The van der Waals surface area contributed by atoms with E-state index in [1.165, 1.54) is 11.0 Å². The lowest BCUT2D eigenvalue weighted by atomic mass is 9.81. The summed E-state index contributed by atoms with van der Waals surface area (Å²) in [6, 6.07) is 4.86. The number of β-amino-alcohol motifs (C(OH)–C–C–N with tert-alkyl or cyclic N) is 1. The van der Waals surface area contributed by atoms with Crippen LogP contribution in [0, 0.1) is 12.7 Å². The summed E-state index contributed by atoms with van der Waals surface area (Å²) >= 11 is 0. The number of aryl methyl sites for hydroxylation is 1. The summed E-state index contributed by atoms with van der Waals surface area (Å²) in [4.78, 5) is 13.8. The van der Waals surface area contributed by atoms with Crippen LogP contribution >= 0.6 is 0 Å². The third-order valence-corrected chi connectivity index (χ3v) is 4.60. The molecule has 0 radical (unpaired) electrons. The average Bonchev–Trinajstić information content (AvgIpc) is 2.47. The molecule has 114 valence electrons. The Bertz CT molecular complexity index is 549. The van der Waals surface area contributed by atoms with Gasteiger partial charge in [0.05, 0.1) is 18.7 Å². The van der Waals surface area contributed by atoms with Crippen molar-refractivity contribution in [2.45, 2.75) is 37.8 Å². The molecule has 2 saturated heterocycles. The largest absolute Gasteiger partial charge is 0.385 e. The number of hydrogen-bond acceptors (Lipinski definition) is 3. The van der Waals surface area contributed by atoms with Crippen molar-refractivity contribution in [3.8, 4) is 0 Å². The summed E-state index contributed by atoms with van der Waals surface area (Å²) in [6.07, 6.45) is 3.15. The van der Waals surface area contributed by atoms with Gasteiger partial charge < -0.3 is 15.3 Å². The van der Waals surface area contributed by atoms with Crippen LogP contribution in [0.5, 0.6) is 0 Å². The van der Waals surface area contributed by atoms with Crippen molar-refractivity contribution >= 4 is 5.91 Å². The third kappa shape index (κ3) is 2.56. The van der Waals surface area contributed by atoms with E-state index in [1.54, 1.807) is 19.1 Å². The molecule has 4 nitrogen and oxygen atoms in total. The Labute approximate surface area is 124 Å². The van der Waals surface area contributed by atoms with Gasteiger partial charge in [0.1, 0.15) is 11.4 Å². The van der Waals surface area contributed by atoms with Crippen LogP contribution in [-0.4, -0.2) is 47.2 Å². The standard InChI is InChI=1S/C16H21FN2O2/c1-11-5-4-6-12(14(11)17)15(20)19-9-16(21,10-19)13-7-2-3-8-18-13/h4-6,13,18,21H,2-3,7-10H2,1H3. The lowest BCUT2D eigenvalue weighted by molar-refractivity contribution is -0.108. The monoisotopic (exact) mass is 292 g/mol. The highest BCUT2D eigenvalue weighted by Gasteiger charge is 2.49. The number of rotatable bonds is 2. The molecular weight excluding hydrogens is 271 g/mol. The third-order valence-electron chi connectivity index (χ3n) is 4.60. The molecule has 2 heterocycles. The van der Waals surface area contributed by atoms with Crippen LogP contribution in [-0.2, 0) is 0 Å². The molecule has 1 amide bonds. The fraction of sp³-hybridized carbons (Fsp3) is 0.562. The highest BCUT2D eigenvalue weighted by atomic mass is 19.1. The quantitative estimate of drug-likeness (QED) is 0.868. The Hall–Kier alpha value is -1.46. The van der Waals surface area contributed by atoms with Gasteiger partial charge in [-0.3, -0.25) is 4.79 Å². The predicted molar refractivity (Wildman–Crippen MR) is 77.6 cm³/mol. The Morgan fingerprint density at radius 1 is 1.43 bits per heavy atom. The maximum Gasteiger partial charge on any atom is 0.257 e. The molecule has 1 unspecified atom stereocenters. The fourth-order valence-corrected chi connectivity index (χ4v) is 3.27. The molecular formula is C16H21FN2O2. The van der Waals surface area contributed by atoms with E-state index < -0.39 is 11.4 Å². The van der Waals surface area contributed by atoms with Gasteiger partial charge in [-0.1, -0.05) is 18.6 Å². The van der Waals surface area contributed by atoms with Gasteiger partial charge in [0.25, 0.3) is 5.91 Å². The first-order valence-electron chi connectivity index (χ1n) is 7.51. The first-order chi connectivity index (χ1) is 10.0. The molecule has 1 atom stereocenters. The van der Waals surface area contributed by atoms with Crippen LogP contribution in [0.25, 0.3) is 0 Å². The smallest absolute Gasteiger partial charge is 0.257 e. The molecule has 0 aromatic heterocycles. The number of amides is 1. The number of piperidine rings is 1. The van der Waals surface area contributed by atoms with Crippen molar-refractivity contribution in [3.05, 3.63) is 35.1 Å². The predicted octanol–water partition coefficient (Wildman–Crippen LogP) is 1.46. The summed E-state index contributed by atoms with van der Waals surface area (Å²) in [7, 11) is 0. The first kappa shape index (κ1) is 14.5. The van der Waals surface area contributed by atoms with Gasteiger partial charge in [0, 0.05) is 6.04 Å². The van der Waals surface area contributed by atoms with Crippen molar-refractivity contribution in [3.63, 3.8) is 0 Å². The molecule has 0 spiro atoms. The number of benzene rings is 1. The van der Waals surface area contributed by atoms with Gasteiger partial charge in [-0.25, -0.2) is 4.39 Å². The summed E-state index contributed by atoms with van der Waals surface area (Å²) in [5.41, 5.74) is -0.310. The number of aliphatic hydroxyl groups is 1. The SMILES string of the molecule is Cc1cccc(C(=O)N2CC(O)(C3CCCCN3)C2)c1F. The Balaban J connectivity index is 1.68. The molecule has 3 rings (SSSR count). The van der Waals surface area contributed by atoms with Crippen molar-refractivity contribution in [2.24, 2.45) is 0 Å². The minimum Gasteiger partial charge on any atom is -0.385 e. The first-order valence-corrected chi connectivity index (χ1v) is 7.51. The number of likely N-dealkylation sites (tertiary alicyclic amines) is 1. The average molecular weight is 292 g/mol. The molecule has 2 aliphatic heterocycles. The van der Waals surface area contributed by atoms with E-state index in [-0.39, 0.29) is 30.6 Å². The molecule has 0 aliphatic carbocycles. The van der Waals surface area contributed by atoms with Crippen LogP contribution in [0.4, 0.5) is 4.39 Å². The summed E-state index contributed by atoms with van der Waals surface area (Å²) in [5, 5.41) is 13.9. The fourth-order valence-electron chi connectivity index (χ4n) is 3.27. The molecule has 0 saturated carbocycles. The zero-order valence-electron chi connectivity index (χ0n) is 12.2. The number of halogens is 1. The van der Waals surface area contributed by atoms with Gasteiger partial charge in [-0.2, -0.15) is 0 Å². The van der Waals surface area contributed by atoms with Gasteiger partial charge in [0.15, 0.2) is 0 Å². The summed E-state index contributed by atoms with van der Waals surface area (Å²) < 4.78 is 14.0. The van der Waals surface area contributed by atoms with E-state index in [1.807, 2.05) is 0 Å². The highest BCUT2D eigenvalue weighted by Crippen LogP contribution is 2.30. The molecule has 2 N–H and O–H groups in total. The van der Waals surface area contributed by atoms with E-state index in [2.05, 4.69) is 5.32 Å². The van der Waals surface area contributed by atoms with E-state index in [0.717, 1.165) is 25.8 Å². The Morgan fingerprint density at radius 3 is 2.86 bits per heavy atom. The Kier molecular flexibility index (Phi) is 3.71. The molecule has 0 bridgehead atoms. The van der Waals surface area contributed by atoms with Crippen molar-refractivity contribution in [2.75, 3.05) is 19.6 Å². The number of carbonyl (C=O) groups is 1. The van der Waals surface area contributed by atoms with Crippen LogP contribution in [0.2, 0.25) is 0 Å². The molecule has 1 aromatic rings. The highest BCUT2D eigenvalue weighted by molar-refractivity contribution is 5.95. The van der Waals surface area contributed by atoms with E-state index in [9.17, 15) is 14.3 Å². The normalized spacial score (nSPS) is 24.5. The zero-order chi connectivity index (χ0) is 15.0. The second-order valence-electron chi connectivity index (χ2n) is 6.20. The second-order valence-corrected chi connectivity index (χ2v) is 6.20. The second kappa shape index (κ2) is 5.39. The van der Waals surface area contributed by atoms with Crippen LogP contribution in [0.1, 0.15) is 35.2 Å². The molecule has 2 aliphatic rings. The maximum atomic E-state index is 14.0. The lowest BCUT2D eigenvalue weighted by Crippen LogP contribution is -2.72. The number of nitrogens with one attached hydrogen (secondary N) is 1. The number of carbonyl (C=O) groups excluding carboxylic acids is 1. The van der Waals surface area contributed by atoms with Gasteiger partial charge in [-0.15, -0.1) is 0 Å². The Morgan fingerprint density at radius 2 is 2.19 bits per heavy atom. The number of nitrogens with zero attached hydrogens (tertiary/aromatic N) is 1. The van der Waals surface area contributed by atoms with Gasteiger partial charge >= 0.3 is 0 Å². The minimum absolute atomic E-state index is 0.0395. The van der Waals surface area contributed by atoms with Crippen LogP contribution < -0.4 is 5.32 Å². The van der Waals surface area contributed by atoms with E-state index in [4.69, 9.17) is 0 Å². The molecule has 21 heavy (non-hydrogen) atoms. The van der Waals surface area contributed by atoms with Crippen molar-refractivity contribution in [1.82, 2.24) is 10.2 Å². The summed E-state index contributed by atoms with van der Waals surface area (Å²) in [5.74, 6) is -0.801. The molecule has 2 fully saturated rings. The van der Waals surface area contributed by atoms with Crippen LogP contribution in [0.3, 0.4) is 0 Å². The molecule has 5 heteroatoms. The van der Waals surface area contributed by atoms with Gasteiger partial charge in [-0.05, 0) is 37.9 Å². The summed E-state index contributed by atoms with van der Waals surface area (Å²) in [6.45, 7) is 3.10.